The van der Waals surface area contributed by atoms with Crippen molar-refractivity contribution in [3.8, 4) is 5.69 Å². The molecule has 0 aliphatic heterocycles. The molecule has 30 heavy (non-hydrogen) atoms. The fourth-order valence-electron chi connectivity index (χ4n) is 5.24. The Labute approximate surface area is 183 Å². The molecule has 0 unspecified atom stereocenters. The molecule has 5 nitrogen and oxygen atoms in total. The number of nitrogens with zero attached hydrogens (tertiary/aromatic N) is 2. The minimum atomic E-state index is -0.0919. The van der Waals surface area contributed by atoms with Crippen LogP contribution in [0.3, 0.4) is 0 Å². The molecule has 156 valence electrons. The number of para-hydroxylation sites is 1. The highest BCUT2D eigenvalue weighted by molar-refractivity contribution is 7.99. The number of amides is 1. The summed E-state index contributed by atoms with van der Waals surface area (Å²) in [5.41, 5.74) is 0.673. The van der Waals surface area contributed by atoms with Crippen LogP contribution in [0.4, 0.5) is 0 Å². The molecule has 4 atom stereocenters. The highest BCUT2D eigenvalue weighted by atomic mass is 32.2. The fraction of sp³-hybridized carbons (Fsp3) is 0.435. The van der Waals surface area contributed by atoms with Gasteiger partial charge in [0.1, 0.15) is 4.83 Å². The third kappa shape index (κ3) is 3.69. The number of fused-ring (bicyclic) bond motifs is 3. The van der Waals surface area contributed by atoms with Crippen molar-refractivity contribution in [2.45, 2.75) is 43.8 Å². The standard InChI is InChI=1S/C23H25N3O2S2/c1-14(19-12-15-7-8-16(19)11-15)24-20(27)13-30-23-25-21-18(9-10-29-21)22(28)26(23)17-5-3-2-4-6-17/h2-6,9-10,14-16,19H,7-8,11-13H2,1H3,(H,24,27)/t14-,15-,16-,19+/m0/s1. The highest BCUT2D eigenvalue weighted by Gasteiger charge is 2.42. The van der Waals surface area contributed by atoms with Crippen LogP contribution in [-0.2, 0) is 4.79 Å². The molecule has 2 fully saturated rings. The highest BCUT2D eigenvalue weighted by Crippen LogP contribution is 2.49. The van der Waals surface area contributed by atoms with Crippen LogP contribution in [0.2, 0.25) is 0 Å². The van der Waals surface area contributed by atoms with Crippen LogP contribution < -0.4 is 10.9 Å². The molecule has 2 bridgehead atoms. The largest absolute Gasteiger partial charge is 0.353 e. The van der Waals surface area contributed by atoms with Crippen LogP contribution in [0.25, 0.3) is 15.9 Å². The van der Waals surface area contributed by atoms with E-state index >= 15 is 0 Å². The number of benzene rings is 1. The third-order valence-electron chi connectivity index (χ3n) is 6.64. The van der Waals surface area contributed by atoms with Crippen molar-refractivity contribution < 1.29 is 4.79 Å². The first-order valence-corrected chi connectivity index (χ1v) is 12.4. The van der Waals surface area contributed by atoms with Crippen molar-refractivity contribution >= 4 is 39.2 Å². The van der Waals surface area contributed by atoms with Crippen molar-refractivity contribution in [1.82, 2.24) is 14.9 Å². The Bertz CT molecular complexity index is 1120. The number of hydrogen-bond donors (Lipinski definition) is 1. The first kappa shape index (κ1) is 19.8. The molecular weight excluding hydrogens is 414 g/mol. The van der Waals surface area contributed by atoms with Gasteiger partial charge >= 0.3 is 0 Å². The molecule has 2 aliphatic carbocycles. The molecule has 1 amide bonds. The van der Waals surface area contributed by atoms with E-state index in [1.807, 2.05) is 41.8 Å². The normalized spacial score (nSPS) is 23.7. The third-order valence-corrected chi connectivity index (χ3v) is 8.38. The summed E-state index contributed by atoms with van der Waals surface area (Å²) in [7, 11) is 0. The summed E-state index contributed by atoms with van der Waals surface area (Å²) >= 11 is 2.78. The zero-order valence-electron chi connectivity index (χ0n) is 16.9. The van der Waals surface area contributed by atoms with Crippen molar-refractivity contribution in [2.24, 2.45) is 17.8 Å². The molecule has 0 saturated heterocycles. The van der Waals surface area contributed by atoms with E-state index < -0.39 is 0 Å². The van der Waals surface area contributed by atoms with E-state index in [1.54, 1.807) is 4.57 Å². The second-order valence-corrected chi connectivity index (χ2v) is 10.3. The lowest BCUT2D eigenvalue weighted by Gasteiger charge is -2.28. The Balaban J connectivity index is 1.33. The van der Waals surface area contributed by atoms with Crippen LogP contribution in [0.5, 0.6) is 0 Å². The number of thioether (sulfide) groups is 1. The maximum absolute atomic E-state index is 13.1. The summed E-state index contributed by atoms with van der Waals surface area (Å²) in [6, 6.07) is 11.5. The Morgan fingerprint density at radius 2 is 2.10 bits per heavy atom. The second kappa shape index (κ2) is 8.19. The first-order chi connectivity index (χ1) is 14.6. The van der Waals surface area contributed by atoms with E-state index in [-0.39, 0.29) is 23.3 Å². The molecule has 1 aromatic carbocycles. The molecule has 0 radical (unpaired) electrons. The van der Waals surface area contributed by atoms with Gasteiger partial charge in [0, 0.05) is 6.04 Å². The Kier molecular flexibility index (Phi) is 5.41. The van der Waals surface area contributed by atoms with Gasteiger partial charge in [0.15, 0.2) is 5.16 Å². The number of rotatable bonds is 6. The van der Waals surface area contributed by atoms with Crippen LogP contribution in [0.1, 0.15) is 32.6 Å². The average Bonchev–Trinajstić information content (AvgIpc) is 3.50. The van der Waals surface area contributed by atoms with E-state index in [9.17, 15) is 9.59 Å². The van der Waals surface area contributed by atoms with Crippen LogP contribution in [0.15, 0.2) is 51.7 Å². The summed E-state index contributed by atoms with van der Waals surface area (Å²) in [6.45, 7) is 2.14. The van der Waals surface area contributed by atoms with E-state index in [0.717, 1.165) is 17.5 Å². The minimum absolute atomic E-state index is 0.00964. The van der Waals surface area contributed by atoms with Crippen LogP contribution in [0, 0.1) is 17.8 Å². The molecule has 2 saturated carbocycles. The number of aromatic nitrogens is 2. The Morgan fingerprint density at radius 3 is 2.83 bits per heavy atom. The molecule has 7 heteroatoms. The number of hydrogen-bond acceptors (Lipinski definition) is 5. The lowest BCUT2D eigenvalue weighted by Crippen LogP contribution is -2.41. The Morgan fingerprint density at radius 1 is 1.27 bits per heavy atom. The van der Waals surface area contributed by atoms with Gasteiger partial charge in [0.2, 0.25) is 5.91 Å². The number of carbonyl (C=O) groups is 1. The van der Waals surface area contributed by atoms with Gasteiger partial charge in [0.05, 0.1) is 16.8 Å². The summed E-state index contributed by atoms with van der Waals surface area (Å²) in [5.74, 6) is 2.53. The molecule has 0 spiro atoms. The van der Waals surface area contributed by atoms with Crippen molar-refractivity contribution in [2.75, 3.05) is 5.75 Å². The topological polar surface area (TPSA) is 64.0 Å². The van der Waals surface area contributed by atoms with Gasteiger partial charge < -0.3 is 5.32 Å². The SMILES string of the molecule is C[C@H](NC(=O)CSc1nc2sccc2c(=O)n1-c1ccccc1)[C@H]1C[C@H]2CC[C@H]1C2. The first-order valence-electron chi connectivity index (χ1n) is 10.6. The molecular formula is C23H25N3O2S2. The lowest BCUT2D eigenvalue weighted by atomic mass is 9.84. The maximum Gasteiger partial charge on any atom is 0.267 e. The van der Waals surface area contributed by atoms with Crippen molar-refractivity contribution in [1.29, 1.82) is 0 Å². The van der Waals surface area contributed by atoms with E-state index in [1.165, 1.54) is 48.8 Å². The van der Waals surface area contributed by atoms with Gasteiger partial charge in [-0.15, -0.1) is 11.3 Å². The zero-order chi connectivity index (χ0) is 20.7. The van der Waals surface area contributed by atoms with Gasteiger partial charge in [-0.05, 0) is 67.5 Å². The monoisotopic (exact) mass is 439 g/mol. The smallest absolute Gasteiger partial charge is 0.267 e. The van der Waals surface area contributed by atoms with E-state index in [0.29, 0.717) is 21.3 Å². The second-order valence-electron chi connectivity index (χ2n) is 8.49. The number of carbonyl (C=O) groups excluding carboxylic acids is 1. The molecule has 3 aromatic rings. The van der Waals surface area contributed by atoms with Crippen molar-refractivity contribution in [3.05, 3.63) is 52.1 Å². The molecule has 2 aromatic heterocycles. The molecule has 1 N–H and O–H groups in total. The van der Waals surface area contributed by atoms with Crippen LogP contribution in [-0.4, -0.2) is 27.3 Å². The summed E-state index contributed by atoms with van der Waals surface area (Å²) in [4.78, 5) is 31.2. The number of thiophene rings is 1. The lowest BCUT2D eigenvalue weighted by molar-refractivity contribution is -0.119. The number of nitrogens with one attached hydrogen (secondary N) is 1. The predicted molar refractivity (Wildman–Crippen MR) is 122 cm³/mol. The molecule has 2 heterocycles. The van der Waals surface area contributed by atoms with Gasteiger partial charge in [-0.3, -0.25) is 14.2 Å². The quantitative estimate of drug-likeness (QED) is 0.454. The van der Waals surface area contributed by atoms with Gasteiger partial charge in [-0.1, -0.05) is 36.4 Å². The average molecular weight is 440 g/mol. The summed E-state index contributed by atoms with van der Waals surface area (Å²) in [6.07, 6.45) is 5.28. The minimum Gasteiger partial charge on any atom is -0.353 e. The Hall–Kier alpha value is -2.12. The van der Waals surface area contributed by atoms with Gasteiger partial charge in [-0.25, -0.2) is 4.98 Å². The fourth-order valence-corrected chi connectivity index (χ4v) is 6.86. The predicted octanol–water partition coefficient (Wildman–Crippen LogP) is 4.48. The summed E-state index contributed by atoms with van der Waals surface area (Å²) < 4.78 is 1.62. The molecule has 5 rings (SSSR count). The van der Waals surface area contributed by atoms with E-state index in [4.69, 9.17) is 4.98 Å². The van der Waals surface area contributed by atoms with E-state index in [2.05, 4.69) is 12.2 Å². The zero-order valence-corrected chi connectivity index (χ0v) is 18.5. The van der Waals surface area contributed by atoms with Gasteiger partial charge in [0.25, 0.3) is 5.56 Å². The maximum atomic E-state index is 13.1. The summed E-state index contributed by atoms with van der Waals surface area (Å²) in [5, 5.41) is 6.26. The van der Waals surface area contributed by atoms with Crippen LogP contribution >= 0.6 is 23.1 Å². The van der Waals surface area contributed by atoms with Gasteiger partial charge in [-0.2, -0.15) is 0 Å². The van der Waals surface area contributed by atoms with Crippen molar-refractivity contribution in [3.63, 3.8) is 0 Å². The molecule has 2 aliphatic rings.